The Bertz CT molecular complexity index is 147. The van der Waals surface area contributed by atoms with Gasteiger partial charge in [0.15, 0.2) is 12.5 Å². The third-order valence-electron chi connectivity index (χ3n) is 2.03. The van der Waals surface area contributed by atoms with Crippen LogP contribution in [-0.2, 0) is 9.47 Å². The summed E-state index contributed by atoms with van der Waals surface area (Å²) in [5.41, 5.74) is 0. The van der Waals surface area contributed by atoms with Gasteiger partial charge in [0.05, 0.1) is 6.61 Å². The van der Waals surface area contributed by atoms with E-state index < -0.39 is 37.4 Å². The van der Waals surface area contributed by atoms with Crippen LogP contribution in [0, 0.1) is 0 Å². The standard InChI is InChI=1S/C7H13FO5/c1-12-7-6(11)5(10)4(8)3(2-9)13-7/h3-7,9-11H,2H2,1H3. The first kappa shape index (κ1) is 10.8. The summed E-state index contributed by atoms with van der Waals surface area (Å²) in [4.78, 5) is 0. The summed E-state index contributed by atoms with van der Waals surface area (Å²) in [5, 5.41) is 27.0. The van der Waals surface area contributed by atoms with Crippen LogP contribution >= 0.6 is 0 Å². The van der Waals surface area contributed by atoms with Gasteiger partial charge in [-0.1, -0.05) is 0 Å². The fraction of sp³-hybridized carbons (Fsp3) is 1.00. The minimum atomic E-state index is -1.80. The Morgan fingerprint density at radius 2 is 2.00 bits per heavy atom. The smallest absolute Gasteiger partial charge is 0.186 e. The normalized spacial score (nSPS) is 46.4. The topological polar surface area (TPSA) is 79.2 Å². The van der Waals surface area contributed by atoms with Crippen LogP contribution in [0.5, 0.6) is 0 Å². The highest BCUT2D eigenvalue weighted by molar-refractivity contribution is 4.88. The number of hydrogen-bond donors (Lipinski definition) is 3. The molecule has 3 N–H and O–H groups in total. The van der Waals surface area contributed by atoms with E-state index in [9.17, 15) is 9.50 Å². The lowest BCUT2D eigenvalue weighted by Crippen LogP contribution is -2.57. The highest BCUT2D eigenvalue weighted by Crippen LogP contribution is 2.23. The van der Waals surface area contributed by atoms with E-state index in [4.69, 9.17) is 14.9 Å². The number of hydrogen-bond acceptors (Lipinski definition) is 5. The van der Waals surface area contributed by atoms with Crippen LogP contribution in [0.15, 0.2) is 0 Å². The summed E-state index contributed by atoms with van der Waals surface area (Å²) in [6.07, 6.45) is -7.06. The van der Waals surface area contributed by atoms with Gasteiger partial charge in [-0.25, -0.2) is 4.39 Å². The Morgan fingerprint density at radius 3 is 2.46 bits per heavy atom. The molecule has 0 aromatic rings. The zero-order valence-corrected chi connectivity index (χ0v) is 7.13. The summed E-state index contributed by atoms with van der Waals surface area (Å²) < 4.78 is 22.5. The lowest BCUT2D eigenvalue weighted by Gasteiger charge is -2.37. The fourth-order valence-corrected chi connectivity index (χ4v) is 1.24. The summed E-state index contributed by atoms with van der Waals surface area (Å²) in [6.45, 7) is -0.565. The summed E-state index contributed by atoms with van der Waals surface area (Å²) in [7, 11) is 1.26. The van der Waals surface area contributed by atoms with Crippen molar-refractivity contribution in [3.8, 4) is 0 Å². The molecular weight excluding hydrogens is 183 g/mol. The van der Waals surface area contributed by atoms with Crippen LogP contribution in [0.2, 0.25) is 0 Å². The molecule has 0 aromatic heterocycles. The summed E-state index contributed by atoms with van der Waals surface area (Å²) >= 11 is 0. The third kappa shape index (κ3) is 1.97. The Labute approximate surface area is 74.7 Å². The van der Waals surface area contributed by atoms with Crippen LogP contribution in [0.1, 0.15) is 0 Å². The first-order valence-electron chi connectivity index (χ1n) is 3.91. The van der Waals surface area contributed by atoms with Gasteiger partial charge in [0.25, 0.3) is 0 Å². The molecule has 0 amide bonds. The van der Waals surface area contributed by atoms with Crippen LogP contribution in [0.3, 0.4) is 0 Å². The Morgan fingerprint density at radius 1 is 1.38 bits per heavy atom. The van der Waals surface area contributed by atoms with Gasteiger partial charge in [-0.05, 0) is 0 Å². The fourth-order valence-electron chi connectivity index (χ4n) is 1.24. The molecular formula is C7H13FO5. The SMILES string of the molecule is COC1OC(CO)C(F)C(O)C1O. The minimum Gasteiger partial charge on any atom is -0.394 e. The molecule has 5 unspecified atom stereocenters. The van der Waals surface area contributed by atoms with E-state index in [-0.39, 0.29) is 0 Å². The maximum Gasteiger partial charge on any atom is 0.186 e. The molecule has 5 nitrogen and oxygen atoms in total. The maximum absolute atomic E-state index is 13.1. The zero-order chi connectivity index (χ0) is 10.0. The van der Waals surface area contributed by atoms with Gasteiger partial charge >= 0.3 is 0 Å². The Kier molecular flexibility index (Phi) is 3.57. The van der Waals surface area contributed by atoms with E-state index in [1.807, 2.05) is 0 Å². The van der Waals surface area contributed by atoms with Crippen molar-refractivity contribution < 1.29 is 29.2 Å². The molecule has 0 saturated carbocycles. The first-order chi connectivity index (χ1) is 6.11. The molecule has 0 bridgehead atoms. The van der Waals surface area contributed by atoms with Gasteiger partial charge in [0, 0.05) is 7.11 Å². The largest absolute Gasteiger partial charge is 0.394 e. The molecule has 1 aliphatic heterocycles. The first-order valence-corrected chi connectivity index (χ1v) is 3.91. The molecule has 0 spiro atoms. The monoisotopic (exact) mass is 196 g/mol. The van der Waals surface area contributed by atoms with Gasteiger partial charge < -0.3 is 24.8 Å². The lowest BCUT2D eigenvalue weighted by molar-refractivity contribution is -0.283. The van der Waals surface area contributed by atoms with E-state index in [0.29, 0.717) is 0 Å². The van der Waals surface area contributed by atoms with Gasteiger partial charge in [-0.3, -0.25) is 0 Å². The molecule has 0 aliphatic carbocycles. The molecule has 6 heteroatoms. The third-order valence-corrected chi connectivity index (χ3v) is 2.03. The average Bonchev–Trinajstić information content (AvgIpc) is 2.15. The van der Waals surface area contributed by atoms with Crippen LogP contribution in [0.25, 0.3) is 0 Å². The van der Waals surface area contributed by atoms with Crippen LogP contribution in [-0.4, -0.2) is 59.8 Å². The molecule has 13 heavy (non-hydrogen) atoms. The molecule has 78 valence electrons. The van der Waals surface area contributed by atoms with Crippen molar-refractivity contribution in [2.45, 2.75) is 30.8 Å². The predicted octanol–water partition coefficient (Wildman–Crippen LogP) is -1.59. The molecule has 1 saturated heterocycles. The van der Waals surface area contributed by atoms with E-state index in [1.54, 1.807) is 0 Å². The molecule has 0 aromatic carbocycles. The lowest BCUT2D eigenvalue weighted by atomic mass is 10.0. The predicted molar refractivity (Wildman–Crippen MR) is 39.7 cm³/mol. The number of methoxy groups -OCH3 is 1. The minimum absolute atomic E-state index is 0.565. The van der Waals surface area contributed by atoms with Crippen LogP contribution in [0.4, 0.5) is 4.39 Å². The summed E-state index contributed by atoms with van der Waals surface area (Å²) in [6, 6.07) is 0. The maximum atomic E-state index is 13.1. The molecule has 0 radical (unpaired) electrons. The Hall–Kier alpha value is -0.270. The van der Waals surface area contributed by atoms with Crippen molar-refractivity contribution in [2.24, 2.45) is 0 Å². The zero-order valence-electron chi connectivity index (χ0n) is 7.13. The quantitative estimate of drug-likeness (QED) is 0.496. The van der Waals surface area contributed by atoms with Crippen molar-refractivity contribution >= 4 is 0 Å². The molecule has 5 atom stereocenters. The highest BCUT2D eigenvalue weighted by atomic mass is 19.1. The molecule has 1 rings (SSSR count). The second-order valence-corrected chi connectivity index (χ2v) is 2.89. The van der Waals surface area contributed by atoms with Crippen molar-refractivity contribution in [2.75, 3.05) is 13.7 Å². The van der Waals surface area contributed by atoms with Crippen molar-refractivity contribution in [3.05, 3.63) is 0 Å². The van der Waals surface area contributed by atoms with E-state index in [1.165, 1.54) is 7.11 Å². The second-order valence-electron chi connectivity index (χ2n) is 2.89. The number of rotatable bonds is 2. The van der Waals surface area contributed by atoms with E-state index in [0.717, 1.165) is 0 Å². The highest BCUT2D eigenvalue weighted by Gasteiger charge is 2.44. The van der Waals surface area contributed by atoms with E-state index in [2.05, 4.69) is 4.74 Å². The van der Waals surface area contributed by atoms with Gasteiger partial charge in [0.1, 0.15) is 18.3 Å². The van der Waals surface area contributed by atoms with Crippen molar-refractivity contribution in [3.63, 3.8) is 0 Å². The van der Waals surface area contributed by atoms with Crippen molar-refractivity contribution in [1.82, 2.24) is 0 Å². The number of aliphatic hydroxyl groups is 3. The molecule has 1 heterocycles. The van der Waals surface area contributed by atoms with E-state index >= 15 is 0 Å². The Balaban J connectivity index is 2.66. The molecule has 1 aliphatic rings. The van der Waals surface area contributed by atoms with Crippen LogP contribution < -0.4 is 0 Å². The van der Waals surface area contributed by atoms with Gasteiger partial charge in [-0.15, -0.1) is 0 Å². The van der Waals surface area contributed by atoms with Crippen molar-refractivity contribution in [1.29, 1.82) is 0 Å². The number of halogens is 1. The summed E-state index contributed by atoms with van der Waals surface area (Å²) in [5.74, 6) is 0. The molecule has 1 fully saturated rings. The average molecular weight is 196 g/mol. The van der Waals surface area contributed by atoms with Gasteiger partial charge in [0.2, 0.25) is 0 Å². The number of ether oxygens (including phenoxy) is 2. The number of aliphatic hydroxyl groups excluding tert-OH is 3. The second kappa shape index (κ2) is 4.30. The van der Waals surface area contributed by atoms with Gasteiger partial charge in [-0.2, -0.15) is 0 Å². The number of alkyl halides is 1.